The predicted octanol–water partition coefficient (Wildman–Crippen LogP) is 3.89. The van der Waals surface area contributed by atoms with Crippen LogP contribution in [0, 0.1) is 0 Å². The van der Waals surface area contributed by atoms with Crippen LogP contribution in [0.3, 0.4) is 0 Å². The zero-order valence-corrected chi connectivity index (χ0v) is 19.7. The van der Waals surface area contributed by atoms with Crippen molar-refractivity contribution in [1.29, 1.82) is 0 Å². The third-order valence-electron chi connectivity index (χ3n) is 5.59. The van der Waals surface area contributed by atoms with E-state index in [0.717, 1.165) is 17.4 Å². The summed E-state index contributed by atoms with van der Waals surface area (Å²) in [7, 11) is 0.0701. The quantitative estimate of drug-likeness (QED) is 0.583. The molecule has 0 spiro atoms. The lowest BCUT2D eigenvalue weighted by atomic mass is 10.0. The summed E-state index contributed by atoms with van der Waals surface area (Å²) in [6.07, 6.45) is 2.61. The molecule has 1 aliphatic heterocycles. The van der Waals surface area contributed by atoms with Crippen molar-refractivity contribution in [3.63, 3.8) is 0 Å². The lowest BCUT2D eigenvalue weighted by Gasteiger charge is -2.41. The molecule has 0 bridgehead atoms. The van der Waals surface area contributed by atoms with Crippen molar-refractivity contribution in [3.8, 4) is 11.1 Å². The molecule has 0 N–H and O–H groups in total. The van der Waals surface area contributed by atoms with E-state index < -0.39 is 9.84 Å². The molecule has 8 nitrogen and oxygen atoms in total. The number of nitrogens with zero attached hydrogens (tertiary/aromatic N) is 3. The van der Waals surface area contributed by atoms with E-state index >= 15 is 0 Å². The average Bonchev–Trinajstić information content (AvgIpc) is 3.32. The number of carbonyl (C=O) groups is 2. The highest BCUT2D eigenvalue weighted by atomic mass is 32.2. The highest BCUT2D eigenvalue weighted by Crippen LogP contribution is 2.40. The van der Waals surface area contributed by atoms with Gasteiger partial charge in [0.05, 0.1) is 28.6 Å². The second-order valence-electron chi connectivity index (χ2n) is 8.29. The van der Waals surface area contributed by atoms with Crippen LogP contribution in [0.1, 0.15) is 17.5 Å². The molecule has 0 saturated heterocycles. The van der Waals surface area contributed by atoms with Crippen LogP contribution in [0.4, 0.5) is 16.2 Å². The number of urea groups is 1. The molecule has 0 unspecified atom stereocenters. The molecule has 0 fully saturated rings. The Kier molecular flexibility index (Phi) is 5.75. The Morgan fingerprint density at radius 1 is 1.00 bits per heavy atom. The minimum atomic E-state index is -3.30. The standard InChI is InChI=1S/C24H25N3O5S/c1-16-15-26(23(28)22-6-5-13-32-22)21-14-18(9-12-20(21)27(16)24(29)25(2)3)17-7-10-19(11-8-17)33(4,30)31/h5-14,16H,15H2,1-4H3/t16-/m0/s1. The van der Waals surface area contributed by atoms with Crippen molar-refractivity contribution in [3.05, 3.63) is 66.6 Å². The summed E-state index contributed by atoms with van der Waals surface area (Å²) in [5.74, 6) is -0.0851. The van der Waals surface area contributed by atoms with Gasteiger partial charge in [-0.2, -0.15) is 0 Å². The van der Waals surface area contributed by atoms with E-state index in [4.69, 9.17) is 4.42 Å². The van der Waals surface area contributed by atoms with Crippen molar-refractivity contribution >= 4 is 33.2 Å². The van der Waals surface area contributed by atoms with E-state index in [1.165, 1.54) is 11.2 Å². The topological polar surface area (TPSA) is 91.1 Å². The number of rotatable bonds is 3. The first kappa shape index (κ1) is 22.6. The van der Waals surface area contributed by atoms with Crippen LogP contribution in [-0.4, -0.2) is 58.2 Å². The van der Waals surface area contributed by atoms with Gasteiger partial charge in [-0.15, -0.1) is 0 Å². The fourth-order valence-corrected chi connectivity index (χ4v) is 4.56. The number of hydrogen-bond acceptors (Lipinski definition) is 5. The van der Waals surface area contributed by atoms with Crippen molar-refractivity contribution in [2.45, 2.75) is 17.9 Å². The molecular formula is C24H25N3O5S. The van der Waals surface area contributed by atoms with Gasteiger partial charge in [-0.25, -0.2) is 13.2 Å². The van der Waals surface area contributed by atoms with Crippen molar-refractivity contribution in [1.82, 2.24) is 4.90 Å². The highest BCUT2D eigenvalue weighted by molar-refractivity contribution is 7.90. The van der Waals surface area contributed by atoms with Crippen molar-refractivity contribution in [2.75, 3.05) is 36.7 Å². The maximum atomic E-state index is 13.2. The Morgan fingerprint density at radius 3 is 2.24 bits per heavy atom. The molecule has 33 heavy (non-hydrogen) atoms. The molecule has 1 aromatic heterocycles. The van der Waals surface area contributed by atoms with Gasteiger partial charge in [0.1, 0.15) is 0 Å². The Balaban J connectivity index is 1.83. The summed E-state index contributed by atoms with van der Waals surface area (Å²) in [5, 5.41) is 0. The van der Waals surface area contributed by atoms with Crippen LogP contribution in [0.15, 0.2) is 70.2 Å². The molecule has 1 atom stereocenters. The minimum absolute atomic E-state index is 0.181. The van der Waals surface area contributed by atoms with Gasteiger partial charge in [0.25, 0.3) is 5.91 Å². The van der Waals surface area contributed by atoms with E-state index in [9.17, 15) is 18.0 Å². The zero-order chi connectivity index (χ0) is 23.9. The fraction of sp³-hybridized carbons (Fsp3) is 0.250. The molecule has 2 heterocycles. The zero-order valence-electron chi connectivity index (χ0n) is 18.8. The average molecular weight is 468 g/mol. The van der Waals surface area contributed by atoms with Crippen molar-refractivity contribution in [2.24, 2.45) is 0 Å². The molecule has 4 rings (SSSR count). The molecule has 0 aliphatic carbocycles. The van der Waals surface area contributed by atoms with Crippen LogP contribution < -0.4 is 9.80 Å². The summed E-state index contributed by atoms with van der Waals surface area (Å²) in [6, 6.07) is 14.9. The van der Waals surface area contributed by atoms with Gasteiger partial charge in [0, 0.05) is 26.9 Å². The maximum Gasteiger partial charge on any atom is 0.324 e. The Morgan fingerprint density at radius 2 is 1.67 bits per heavy atom. The summed E-state index contributed by atoms with van der Waals surface area (Å²) in [5.41, 5.74) is 2.77. The highest BCUT2D eigenvalue weighted by Gasteiger charge is 2.36. The van der Waals surface area contributed by atoms with Gasteiger partial charge >= 0.3 is 6.03 Å². The minimum Gasteiger partial charge on any atom is -0.459 e. The molecule has 9 heteroatoms. The molecule has 3 amide bonds. The number of anilines is 2. The van der Waals surface area contributed by atoms with Gasteiger partial charge in [0.15, 0.2) is 15.6 Å². The lowest BCUT2D eigenvalue weighted by Crippen LogP contribution is -2.54. The summed E-state index contributed by atoms with van der Waals surface area (Å²) in [4.78, 5) is 31.2. The van der Waals surface area contributed by atoms with Gasteiger partial charge in [-0.05, 0) is 54.4 Å². The monoisotopic (exact) mass is 467 g/mol. The Hall–Kier alpha value is -3.59. The molecule has 172 valence electrons. The second kappa shape index (κ2) is 8.40. The fourth-order valence-electron chi connectivity index (χ4n) is 3.93. The Bertz CT molecular complexity index is 1300. The molecule has 2 aromatic carbocycles. The molecule has 1 aliphatic rings. The van der Waals surface area contributed by atoms with Crippen LogP contribution in [0.2, 0.25) is 0 Å². The number of carbonyl (C=O) groups excluding carboxylic acids is 2. The van der Waals surface area contributed by atoms with Gasteiger partial charge in [-0.3, -0.25) is 9.69 Å². The van der Waals surface area contributed by atoms with E-state index in [-0.39, 0.29) is 28.6 Å². The van der Waals surface area contributed by atoms with Crippen LogP contribution in [0.25, 0.3) is 11.1 Å². The van der Waals surface area contributed by atoms with Crippen LogP contribution in [-0.2, 0) is 9.84 Å². The van der Waals surface area contributed by atoms with E-state index in [1.807, 2.05) is 25.1 Å². The molecule has 0 radical (unpaired) electrons. The first-order chi connectivity index (χ1) is 15.6. The van der Waals surface area contributed by atoms with E-state index in [2.05, 4.69) is 0 Å². The summed E-state index contributed by atoms with van der Waals surface area (Å²) < 4.78 is 28.9. The van der Waals surface area contributed by atoms with Gasteiger partial charge in [0.2, 0.25) is 0 Å². The first-order valence-corrected chi connectivity index (χ1v) is 12.3. The lowest BCUT2D eigenvalue weighted by molar-refractivity contribution is 0.0957. The molecule has 0 saturated carbocycles. The van der Waals surface area contributed by atoms with Crippen LogP contribution in [0.5, 0.6) is 0 Å². The maximum absolute atomic E-state index is 13.2. The SMILES string of the molecule is C[C@H]1CN(C(=O)c2ccco2)c2cc(-c3ccc(S(C)(=O)=O)cc3)ccc2N1C(=O)N(C)C. The first-order valence-electron chi connectivity index (χ1n) is 10.4. The van der Waals surface area contributed by atoms with E-state index in [1.54, 1.807) is 60.3 Å². The van der Waals surface area contributed by atoms with Gasteiger partial charge in [-0.1, -0.05) is 18.2 Å². The van der Waals surface area contributed by atoms with Crippen molar-refractivity contribution < 1.29 is 22.4 Å². The number of sulfone groups is 1. The van der Waals surface area contributed by atoms with Crippen LogP contribution >= 0.6 is 0 Å². The smallest absolute Gasteiger partial charge is 0.324 e. The number of benzene rings is 2. The number of fused-ring (bicyclic) bond motifs is 1. The Labute approximate surface area is 192 Å². The summed E-state index contributed by atoms with van der Waals surface area (Å²) in [6.45, 7) is 2.19. The molecular weight excluding hydrogens is 442 g/mol. The van der Waals surface area contributed by atoms with E-state index in [0.29, 0.717) is 17.9 Å². The third-order valence-corrected chi connectivity index (χ3v) is 6.72. The number of hydrogen-bond donors (Lipinski definition) is 0. The third kappa shape index (κ3) is 4.23. The number of furan rings is 1. The second-order valence-corrected chi connectivity index (χ2v) is 10.3. The number of amides is 3. The normalized spacial score (nSPS) is 15.8. The predicted molar refractivity (Wildman–Crippen MR) is 126 cm³/mol. The van der Waals surface area contributed by atoms with Gasteiger partial charge < -0.3 is 14.2 Å². The molecule has 3 aromatic rings. The summed E-state index contributed by atoms with van der Waals surface area (Å²) >= 11 is 0. The largest absolute Gasteiger partial charge is 0.459 e.